The van der Waals surface area contributed by atoms with Crippen molar-refractivity contribution in [2.24, 2.45) is 0 Å². The summed E-state index contributed by atoms with van der Waals surface area (Å²) in [6.07, 6.45) is 4.52. The molecule has 0 atom stereocenters. The lowest BCUT2D eigenvalue weighted by Gasteiger charge is -2.14. The van der Waals surface area contributed by atoms with Gasteiger partial charge in [0, 0.05) is 25.4 Å². The van der Waals surface area contributed by atoms with E-state index in [4.69, 9.17) is 26.4 Å². The number of aromatic nitrogens is 1. The highest BCUT2D eigenvalue weighted by atomic mass is 32.2. The molecule has 2 heterocycles. The molecule has 1 aliphatic rings. The average Bonchev–Trinajstić information content (AvgIpc) is 3.12. The van der Waals surface area contributed by atoms with E-state index in [-0.39, 0.29) is 18.9 Å². The van der Waals surface area contributed by atoms with Crippen LogP contribution in [0.3, 0.4) is 0 Å². The van der Waals surface area contributed by atoms with Crippen LogP contribution >= 0.6 is 24.0 Å². The number of hydrazine groups is 1. The number of rotatable bonds is 8. The standard InChI is InChI=1S/C22H22N4O6S2/c1-30-15-9-13(10-16(31-2)19(15)32-3)11-17-21(29)26(22(33)34-17)8-6-18(27)24-25-20(28)14-5-4-7-23-12-14/h4-5,7,9-12H,6,8H2,1-3H3,(H,24,27)(H,25,28)/b17-11-. The molecule has 0 unspecified atom stereocenters. The summed E-state index contributed by atoms with van der Waals surface area (Å²) >= 11 is 6.45. The lowest BCUT2D eigenvalue weighted by Crippen LogP contribution is -2.43. The molecule has 2 aromatic rings. The predicted molar refractivity (Wildman–Crippen MR) is 130 cm³/mol. The maximum absolute atomic E-state index is 12.9. The van der Waals surface area contributed by atoms with Gasteiger partial charge in [0.1, 0.15) is 4.32 Å². The Balaban J connectivity index is 1.62. The molecule has 3 amide bonds. The number of pyridine rings is 1. The lowest BCUT2D eigenvalue weighted by molar-refractivity contribution is -0.124. The van der Waals surface area contributed by atoms with Gasteiger partial charge in [0.15, 0.2) is 11.5 Å². The highest BCUT2D eigenvalue weighted by Gasteiger charge is 2.32. The molecule has 3 rings (SSSR count). The number of thioether (sulfide) groups is 1. The minimum atomic E-state index is -0.500. The van der Waals surface area contributed by atoms with E-state index in [1.807, 2.05) is 0 Å². The van der Waals surface area contributed by atoms with Crippen LogP contribution in [-0.4, -0.2) is 59.8 Å². The zero-order valence-electron chi connectivity index (χ0n) is 18.6. The summed E-state index contributed by atoms with van der Waals surface area (Å²) in [7, 11) is 4.52. The average molecular weight is 503 g/mol. The summed E-state index contributed by atoms with van der Waals surface area (Å²) in [5.41, 5.74) is 5.58. The highest BCUT2D eigenvalue weighted by molar-refractivity contribution is 8.26. The van der Waals surface area contributed by atoms with Gasteiger partial charge in [-0.15, -0.1) is 0 Å². The molecule has 2 N–H and O–H groups in total. The van der Waals surface area contributed by atoms with Crippen molar-refractivity contribution in [3.8, 4) is 17.2 Å². The van der Waals surface area contributed by atoms with Crippen molar-refractivity contribution in [3.63, 3.8) is 0 Å². The molecule has 1 aromatic carbocycles. The number of benzene rings is 1. The van der Waals surface area contributed by atoms with Crippen molar-refractivity contribution >= 4 is 52.1 Å². The first kappa shape index (κ1) is 25.0. The quantitative estimate of drug-likeness (QED) is 0.318. The Bertz CT molecular complexity index is 1110. The number of methoxy groups -OCH3 is 3. The van der Waals surface area contributed by atoms with Crippen molar-refractivity contribution in [1.29, 1.82) is 0 Å². The van der Waals surface area contributed by atoms with E-state index in [1.54, 1.807) is 30.3 Å². The monoisotopic (exact) mass is 502 g/mol. The van der Waals surface area contributed by atoms with Crippen LogP contribution in [0.4, 0.5) is 0 Å². The Kier molecular flexibility index (Phi) is 8.44. The van der Waals surface area contributed by atoms with Gasteiger partial charge < -0.3 is 14.2 Å². The van der Waals surface area contributed by atoms with Crippen molar-refractivity contribution in [2.45, 2.75) is 6.42 Å². The van der Waals surface area contributed by atoms with E-state index in [2.05, 4.69) is 15.8 Å². The summed E-state index contributed by atoms with van der Waals surface area (Å²) < 4.78 is 16.3. The molecule has 1 fully saturated rings. The molecule has 0 bridgehead atoms. The molecule has 0 saturated carbocycles. The largest absolute Gasteiger partial charge is 0.493 e. The molecule has 1 aromatic heterocycles. The van der Waals surface area contributed by atoms with Gasteiger partial charge in [0.05, 0.1) is 31.8 Å². The molecular formula is C22H22N4O6S2. The summed E-state index contributed by atoms with van der Waals surface area (Å²) in [5, 5.41) is 0. The second-order valence-corrected chi connectivity index (χ2v) is 8.46. The Hall–Kier alpha value is -3.64. The van der Waals surface area contributed by atoms with Gasteiger partial charge in [-0.05, 0) is 35.9 Å². The van der Waals surface area contributed by atoms with Gasteiger partial charge in [-0.3, -0.25) is 35.1 Å². The number of nitrogens with zero attached hydrogens (tertiary/aromatic N) is 2. The van der Waals surface area contributed by atoms with Gasteiger partial charge in [-0.25, -0.2) is 0 Å². The fourth-order valence-corrected chi connectivity index (χ4v) is 4.31. The Labute approximate surface area is 205 Å². The minimum absolute atomic E-state index is 0.0583. The van der Waals surface area contributed by atoms with Crippen LogP contribution in [-0.2, 0) is 9.59 Å². The summed E-state index contributed by atoms with van der Waals surface area (Å²) in [6, 6.07) is 6.60. The third-order valence-corrected chi connectivity index (χ3v) is 6.04. The molecule has 34 heavy (non-hydrogen) atoms. The summed E-state index contributed by atoms with van der Waals surface area (Å²) in [5.74, 6) is 0.0506. The Morgan fingerprint density at radius 1 is 1.15 bits per heavy atom. The molecule has 10 nitrogen and oxygen atoms in total. The first-order valence-electron chi connectivity index (χ1n) is 9.92. The number of nitrogens with one attached hydrogen (secondary N) is 2. The van der Waals surface area contributed by atoms with Crippen molar-refractivity contribution < 1.29 is 28.6 Å². The van der Waals surface area contributed by atoms with Gasteiger partial charge in [-0.2, -0.15) is 0 Å². The van der Waals surface area contributed by atoms with Gasteiger partial charge >= 0.3 is 0 Å². The first-order valence-corrected chi connectivity index (χ1v) is 11.1. The summed E-state index contributed by atoms with van der Waals surface area (Å²) in [4.78, 5) is 42.6. The van der Waals surface area contributed by atoms with Crippen molar-refractivity contribution in [3.05, 3.63) is 52.7 Å². The van der Waals surface area contributed by atoms with Crippen LogP contribution < -0.4 is 25.1 Å². The lowest BCUT2D eigenvalue weighted by atomic mass is 10.1. The maximum Gasteiger partial charge on any atom is 0.271 e. The van der Waals surface area contributed by atoms with Crippen LogP contribution in [0, 0.1) is 0 Å². The van der Waals surface area contributed by atoms with Crippen LogP contribution in [0.2, 0.25) is 0 Å². The molecule has 178 valence electrons. The van der Waals surface area contributed by atoms with E-state index in [0.29, 0.717) is 37.6 Å². The smallest absolute Gasteiger partial charge is 0.271 e. The third kappa shape index (κ3) is 5.83. The van der Waals surface area contributed by atoms with E-state index in [0.717, 1.165) is 11.8 Å². The number of carbonyl (C=O) groups excluding carboxylic acids is 3. The fourth-order valence-electron chi connectivity index (χ4n) is 3.00. The van der Waals surface area contributed by atoms with Crippen molar-refractivity contribution in [2.75, 3.05) is 27.9 Å². The minimum Gasteiger partial charge on any atom is -0.493 e. The molecule has 0 radical (unpaired) electrons. The molecular weight excluding hydrogens is 480 g/mol. The molecule has 0 aliphatic carbocycles. The van der Waals surface area contributed by atoms with Crippen LogP contribution in [0.5, 0.6) is 17.2 Å². The normalized spacial score (nSPS) is 14.2. The number of hydrogen-bond donors (Lipinski definition) is 2. The number of thiocarbonyl (C=S) groups is 1. The number of amides is 3. The second kappa shape index (κ2) is 11.5. The van der Waals surface area contributed by atoms with Crippen LogP contribution in [0.25, 0.3) is 6.08 Å². The number of carbonyl (C=O) groups is 3. The van der Waals surface area contributed by atoms with Crippen molar-refractivity contribution in [1.82, 2.24) is 20.7 Å². The molecule has 1 aliphatic heterocycles. The van der Waals surface area contributed by atoms with Gasteiger partial charge in [0.25, 0.3) is 11.8 Å². The molecule has 0 spiro atoms. The topological polar surface area (TPSA) is 119 Å². The van der Waals surface area contributed by atoms with E-state index in [9.17, 15) is 14.4 Å². The van der Waals surface area contributed by atoms with Gasteiger partial charge in [-0.1, -0.05) is 24.0 Å². The predicted octanol–water partition coefficient (Wildman–Crippen LogP) is 2.16. The van der Waals surface area contributed by atoms with Crippen LogP contribution in [0.15, 0.2) is 41.6 Å². The fraction of sp³-hybridized carbons (Fsp3) is 0.227. The van der Waals surface area contributed by atoms with E-state index >= 15 is 0 Å². The second-order valence-electron chi connectivity index (χ2n) is 6.79. The Morgan fingerprint density at radius 3 is 2.44 bits per heavy atom. The SMILES string of the molecule is COc1cc(/C=C2\SC(=S)N(CCC(=O)NNC(=O)c3cccnc3)C2=O)cc(OC)c1OC. The molecule has 12 heteroatoms. The third-order valence-electron chi connectivity index (χ3n) is 4.66. The number of ether oxygens (including phenoxy) is 3. The van der Waals surface area contributed by atoms with E-state index < -0.39 is 11.8 Å². The Morgan fingerprint density at radius 2 is 1.85 bits per heavy atom. The number of hydrogen-bond acceptors (Lipinski definition) is 9. The zero-order valence-corrected chi connectivity index (χ0v) is 20.2. The highest BCUT2D eigenvalue weighted by Crippen LogP contribution is 2.40. The van der Waals surface area contributed by atoms with E-state index in [1.165, 1.54) is 38.6 Å². The van der Waals surface area contributed by atoms with Crippen LogP contribution in [0.1, 0.15) is 22.3 Å². The maximum atomic E-state index is 12.9. The van der Waals surface area contributed by atoms with Gasteiger partial charge in [0.2, 0.25) is 11.7 Å². The summed E-state index contributed by atoms with van der Waals surface area (Å²) in [6.45, 7) is 0.0614. The molecule has 1 saturated heterocycles. The zero-order chi connectivity index (χ0) is 24.7. The first-order chi connectivity index (χ1) is 16.4.